The second-order valence-electron chi connectivity index (χ2n) is 7.16. The molecule has 34 heavy (non-hydrogen) atoms. The highest BCUT2D eigenvalue weighted by Gasteiger charge is 2.14. The summed E-state index contributed by atoms with van der Waals surface area (Å²) < 4.78 is 25.0. The molecule has 0 saturated carbocycles. The van der Waals surface area contributed by atoms with Crippen LogP contribution in [0.25, 0.3) is 22.2 Å². The Morgan fingerprint density at radius 3 is 2.76 bits per heavy atom. The molecule has 2 aromatic heterocycles. The largest absolute Gasteiger partial charge is 0.489 e. The van der Waals surface area contributed by atoms with Crippen LogP contribution in [0.1, 0.15) is 0 Å². The molecule has 172 valence electrons. The van der Waals surface area contributed by atoms with E-state index in [1.165, 1.54) is 18.5 Å². The lowest BCUT2D eigenvalue weighted by Gasteiger charge is -2.15. The van der Waals surface area contributed by atoms with Gasteiger partial charge in [-0.25, -0.2) is 14.4 Å². The zero-order valence-corrected chi connectivity index (χ0v) is 18.4. The summed E-state index contributed by atoms with van der Waals surface area (Å²) >= 11 is 0. The average Bonchev–Trinajstić information content (AvgIpc) is 2.85. The first-order valence-corrected chi connectivity index (χ1v) is 10.4. The van der Waals surface area contributed by atoms with E-state index >= 15 is 0 Å². The normalized spacial score (nSPS) is 10.6. The second kappa shape index (κ2) is 10.5. The molecule has 0 fully saturated rings. The molecule has 4 aromatic rings. The summed E-state index contributed by atoms with van der Waals surface area (Å²) in [5.41, 5.74) is 2.57. The Kier molecular flexibility index (Phi) is 7.04. The molecule has 2 aromatic carbocycles. The Labute approximate surface area is 195 Å². The molecule has 0 saturated heterocycles. The van der Waals surface area contributed by atoms with E-state index < -0.39 is 0 Å². The van der Waals surface area contributed by atoms with Gasteiger partial charge < -0.3 is 20.1 Å². The first kappa shape index (κ1) is 22.8. The van der Waals surface area contributed by atoms with Crippen molar-refractivity contribution in [2.75, 3.05) is 31.0 Å². The van der Waals surface area contributed by atoms with E-state index in [1.54, 1.807) is 55.8 Å². The SMILES string of the molecule is C=CC(=O)Nc1cc2c(Nc3ccnc(-c4ccccc4F)c3)ncnc2cc1OCCOC. The van der Waals surface area contributed by atoms with Gasteiger partial charge in [0.05, 0.1) is 23.5 Å². The van der Waals surface area contributed by atoms with E-state index in [4.69, 9.17) is 9.47 Å². The van der Waals surface area contributed by atoms with Crippen LogP contribution in [-0.2, 0) is 9.53 Å². The van der Waals surface area contributed by atoms with Crippen LogP contribution >= 0.6 is 0 Å². The van der Waals surface area contributed by atoms with Gasteiger partial charge in [0.15, 0.2) is 0 Å². The number of hydrogen-bond acceptors (Lipinski definition) is 7. The molecule has 0 aliphatic carbocycles. The third kappa shape index (κ3) is 5.16. The number of benzene rings is 2. The van der Waals surface area contributed by atoms with Crippen molar-refractivity contribution in [2.45, 2.75) is 0 Å². The average molecular weight is 459 g/mol. The van der Waals surface area contributed by atoms with Gasteiger partial charge in [0.2, 0.25) is 5.91 Å². The van der Waals surface area contributed by atoms with Crippen molar-refractivity contribution >= 4 is 34.0 Å². The summed E-state index contributed by atoms with van der Waals surface area (Å²) in [6, 6.07) is 13.4. The number of carbonyl (C=O) groups excluding carboxylic acids is 1. The first-order valence-electron chi connectivity index (χ1n) is 10.4. The standard InChI is InChI=1S/C25H22FN5O3/c1-3-24(32)31-22-13-18-21(14-23(22)34-11-10-33-2)28-15-29-25(18)30-16-8-9-27-20(12-16)17-6-4-5-7-19(17)26/h3-9,12-15H,1,10-11H2,2H3,(H,31,32)(H,27,28,29,30). The lowest BCUT2D eigenvalue weighted by Crippen LogP contribution is -2.11. The summed E-state index contributed by atoms with van der Waals surface area (Å²) in [7, 11) is 1.58. The third-order valence-corrected chi connectivity index (χ3v) is 4.90. The van der Waals surface area contributed by atoms with Gasteiger partial charge >= 0.3 is 0 Å². The zero-order chi connectivity index (χ0) is 23.9. The number of nitrogens with zero attached hydrogens (tertiary/aromatic N) is 3. The minimum Gasteiger partial charge on any atom is -0.489 e. The van der Waals surface area contributed by atoms with Gasteiger partial charge in [-0.15, -0.1) is 0 Å². The molecule has 0 aliphatic heterocycles. The number of aromatic nitrogens is 3. The first-order chi connectivity index (χ1) is 16.6. The number of nitrogens with one attached hydrogen (secondary N) is 2. The molecule has 2 N–H and O–H groups in total. The van der Waals surface area contributed by atoms with Crippen LogP contribution in [0.5, 0.6) is 5.75 Å². The minimum absolute atomic E-state index is 0.297. The van der Waals surface area contributed by atoms with Gasteiger partial charge in [0, 0.05) is 36.0 Å². The summed E-state index contributed by atoms with van der Waals surface area (Å²) in [5.74, 6) is 0.192. The molecule has 0 radical (unpaired) electrons. The maximum Gasteiger partial charge on any atom is 0.247 e. The molecule has 0 unspecified atom stereocenters. The van der Waals surface area contributed by atoms with Gasteiger partial charge in [0.25, 0.3) is 0 Å². The Hall–Kier alpha value is -4.37. The Bertz CT molecular complexity index is 1350. The fourth-order valence-corrected chi connectivity index (χ4v) is 3.28. The van der Waals surface area contributed by atoms with Gasteiger partial charge in [-0.2, -0.15) is 0 Å². The molecule has 0 aliphatic rings. The van der Waals surface area contributed by atoms with Crippen molar-refractivity contribution in [3.05, 3.63) is 79.5 Å². The van der Waals surface area contributed by atoms with Crippen molar-refractivity contribution < 1.29 is 18.7 Å². The van der Waals surface area contributed by atoms with Gasteiger partial charge in [0.1, 0.15) is 30.3 Å². The number of pyridine rings is 1. The number of methoxy groups -OCH3 is 1. The maximum atomic E-state index is 14.2. The maximum absolute atomic E-state index is 14.2. The van der Waals surface area contributed by atoms with Crippen molar-refractivity contribution in [3.63, 3.8) is 0 Å². The molecule has 0 bridgehead atoms. The van der Waals surface area contributed by atoms with Crippen LogP contribution in [0.3, 0.4) is 0 Å². The number of amides is 1. The van der Waals surface area contributed by atoms with Gasteiger partial charge in [-0.3, -0.25) is 9.78 Å². The van der Waals surface area contributed by atoms with Crippen LogP contribution in [0, 0.1) is 5.82 Å². The number of ether oxygens (including phenoxy) is 2. The predicted molar refractivity (Wildman–Crippen MR) is 129 cm³/mol. The van der Waals surface area contributed by atoms with Gasteiger partial charge in [-0.05, 0) is 36.4 Å². The fourth-order valence-electron chi connectivity index (χ4n) is 3.28. The number of halogens is 1. The Morgan fingerprint density at radius 2 is 1.97 bits per heavy atom. The monoisotopic (exact) mass is 459 g/mol. The fraction of sp³-hybridized carbons (Fsp3) is 0.120. The van der Waals surface area contributed by atoms with E-state index in [1.807, 2.05) is 0 Å². The summed E-state index contributed by atoms with van der Waals surface area (Å²) in [6.45, 7) is 4.18. The highest BCUT2D eigenvalue weighted by atomic mass is 19.1. The molecule has 0 atom stereocenters. The molecule has 2 heterocycles. The Morgan fingerprint density at radius 1 is 1.12 bits per heavy atom. The van der Waals surface area contributed by atoms with Crippen molar-refractivity contribution in [1.29, 1.82) is 0 Å². The molecular formula is C25H22FN5O3. The van der Waals surface area contributed by atoms with Gasteiger partial charge in [-0.1, -0.05) is 18.7 Å². The second-order valence-corrected chi connectivity index (χ2v) is 7.16. The van der Waals surface area contributed by atoms with E-state index in [0.717, 1.165) is 0 Å². The highest BCUT2D eigenvalue weighted by Crippen LogP contribution is 2.34. The number of rotatable bonds is 9. The smallest absolute Gasteiger partial charge is 0.247 e. The molecular weight excluding hydrogens is 437 g/mol. The van der Waals surface area contributed by atoms with Crippen molar-refractivity contribution in [3.8, 4) is 17.0 Å². The summed E-state index contributed by atoms with van der Waals surface area (Å²) in [6.07, 6.45) is 4.18. The zero-order valence-electron chi connectivity index (χ0n) is 18.4. The molecule has 4 rings (SSSR count). The van der Waals surface area contributed by atoms with E-state index in [9.17, 15) is 9.18 Å². The number of anilines is 3. The predicted octanol–water partition coefficient (Wildman–Crippen LogP) is 4.72. The molecule has 8 nitrogen and oxygen atoms in total. The van der Waals surface area contributed by atoms with Crippen LogP contribution in [0.4, 0.5) is 21.6 Å². The Balaban J connectivity index is 1.71. The third-order valence-electron chi connectivity index (χ3n) is 4.90. The van der Waals surface area contributed by atoms with Crippen molar-refractivity contribution in [2.24, 2.45) is 0 Å². The number of fused-ring (bicyclic) bond motifs is 1. The van der Waals surface area contributed by atoms with E-state index in [0.29, 0.717) is 58.3 Å². The highest BCUT2D eigenvalue weighted by molar-refractivity contribution is 6.03. The van der Waals surface area contributed by atoms with E-state index in [-0.39, 0.29) is 11.7 Å². The lowest BCUT2D eigenvalue weighted by molar-refractivity contribution is -0.111. The minimum atomic E-state index is -0.383. The van der Waals surface area contributed by atoms with Crippen molar-refractivity contribution in [1.82, 2.24) is 15.0 Å². The van der Waals surface area contributed by atoms with E-state index in [2.05, 4.69) is 32.2 Å². The molecule has 0 spiro atoms. The summed E-state index contributed by atoms with van der Waals surface area (Å²) in [4.78, 5) is 25.0. The molecule has 1 amide bonds. The van der Waals surface area contributed by atoms with Crippen LogP contribution < -0.4 is 15.4 Å². The summed E-state index contributed by atoms with van der Waals surface area (Å²) in [5, 5.41) is 6.63. The number of carbonyl (C=O) groups is 1. The van der Waals surface area contributed by atoms with Crippen LogP contribution in [0.2, 0.25) is 0 Å². The quantitative estimate of drug-likeness (QED) is 0.276. The van der Waals surface area contributed by atoms with Crippen LogP contribution in [-0.4, -0.2) is 41.2 Å². The lowest BCUT2D eigenvalue weighted by atomic mass is 10.1. The number of hydrogen-bond donors (Lipinski definition) is 2. The van der Waals surface area contributed by atoms with Crippen LogP contribution in [0.15, 0.2) is 73.7 Å². The molecule has 9 heteroatoms. The topological polar surface area (TPSA) is 98.3 Å².